The zero-order chi connectivity index (χ0) is 17.0. The van der Waals surface area contributed by atoms with Gasteiger partial charge in [-0.1, -0.05) is 17.7 Å². The van der Waals surface area contributed by atoms with Crippen LogP contribution in [0.4, 0.5) is 0 Å². The Bertz CT molecular complexity index is 486. The molecule has 0 aliphatic rings. The van der Waals surface area contributed by atoms with Crippen molar-refractivity contribution in [3.8, 4) is 5.75 Å². The third kappa shape index (κ3) is 7.24. The molecule has 0 aliphatic carbocycles. The molecule has 6 heteroatoms. The maximum atomic E-state index is 9.96. The van der Waals surface area contributed by atoms with Crippen molar-refractivity contribution in [2.75, 3.05) is 0 Å². The van der Waals surface area contributed by atoms with Gasteiger partial charge in [0, 0.05) is 0 Å². The maximum Gasteiger partial charge on any atom is 0.314 e. The molecule has 22 heavy (non-hydrogen) atoms. The van der Waals surface area contributed by atoms with Crippen molar-refractivity contribution in [3.63, 3.8) is 0 Å². The minimum atomic E-state index is -2.09. The molecule has 0 aliphatic heterocycles. The number of hydrogen-bond donors (Lipinski definition) is 1. The third-order valence-electron chi connectivity index (χ3n) is 3.32. The van der Waals surface area contributed by atoms with Gasteiger partial charge in [-0.05, 0) is 76.7 Å². The van der Waals surface area contributed by atoms with Crippen LogP contribution in [-0.4, -0.2) is 31.0 Å². The molecule has 1 aromatic carbocycles. The number of phenols is 1. The van der Waals surface area contributed by atoms with Crippen molar-refractivity contribution in [2.24, 2.45) is 0 Å². The molecule has 0 spiro atoms. The minimum Gasteiger partial charge on any atom is -0.508 e. The van der Waals surface area contributed by atoms with E-state index in [0.717, 1.165) is 24.4 Å². The number of rotatable bonds is 8. The average Bonchev–Trinajstić information content (AvgIpc) is 2.29. The molecule has 0 saturated carbocycles. The average molecular weight is 357 g/mol. The number of phenolic OH excluding ortho intramolecular Hbond substituents is 1. The van der Waals surface area contributed by atoms with Crippen LogP contribution in [0, 0.1) is 6.92 Å². The Morgan fingerprint density at radius 1 is 1.14 bits per heavy atom. The number of benzene rings is 1. The molecule has 0 amide bonds. The second kappa shape index (κ2) is 7.92. The van der Waals surface area contributed by atoms with Crippen molar-refractivity contribution in [1.29, 1.82) is 0 Å². The third-order valence-corrected chi connectivity index (χ3v) is 12.6. The van der Waals surface area contributed by atoms with Gasteiger partial charge in [-0.3, -0.25) is 0 Å². The Kier molecular flexibility index (Phi) is 7.07. The van der Waals surface area contributed by atoms with Crippen molar-refractivity contribution in [2.45, 2.75) is 65.1 Å². The van der Waals surface area contributed by atoms with Crippen LogP contribution in [0.15, 0.2) is 18.2 Å². The summed E-state index contributed by atoms with van der Waals surface area (Å²) in [6.07, 6.45) is 1.89. The van der Waals surface area contributed by atoms with Crippen LogP contribution in [-0.2, 0) is 14.7 Å². The molecule has 1 unspecified atom stereocenters. The van der Waals surface area contributed by atoms with Gasteiger partial charge in [0.05, 0.1) is 0 Å². The summed E-state index contributed by atoms with van der Waals surface area (Å²) in [6.45, 7) is 15.4. The SMILES string of the molecule is Cc1ccc(O)c(CCC[Si](C)(O[SiH](C)C)O[Si](C)(C)C)c1. The van der Waals surface area contributed by atoms with E-state index in [-0.39, 0.29) is 0 Å². The Morgan fingerprint density at radius 2 is 1.77 bits per heavy atom. The van der Waals surface area contributed by atoms with Gasteiger partial charge < -0.3 is 13.3 Å². The molecule has 126 valence electrons. The van der Waals surface area contributed by atoms with E-state index in [9.17, 15) is 5.11 Å². The standard InChI is InChI=1S/C16H32O3Si3/c1-14-10-11-16(17)15(13-14)9-8-12-22(7,18-20(2)3)19-21(4,5)6/h10-11,13,17,20H,8-9,12H2,1-7H3. The lowest BCUT2D eigenvalue weighted by Gasteiger charge is -2.35. The van der Waals surface area contributed by atoms with Gasteiger partial charge in [0.2, 0.25) is 0 Å². The molecule has 1 N–H and O–H groups in total. The zero-order valence-corrected chi connectivity index (χ0v) is 18.3. The summed E-state index contributed by atoms with van der Waals surface area (Å²) in [5.74, 6) is 0.402. The second-order valence-corrected chi connectivity index (χ2v) is 18.3. The second-order valence-electron chi connectivity index (χ2n) is 7.50. The molecule has 1 rings (SSSR count). The molecular weight excluding hydrogens is 324 g/mol. The first kappa shape index (κ1) is 19.6. The highest BCUT2D eigenvalue weighted by Crippen LogP contribution is 2.26. The molecule has 1 atom stereocenters. The summed E-state index contributed by atoms with van der Waals surface area (Å²) in [6, 6.07) is 6.80. The summed E-state index contributed by atoms with van der Waals surface area (Å²) in [5.41, 5.74) is 2.23. The molecule has 0 saturated heterocycles. The lowest BCUT2D eigenvalue weighted by molar-refractivity contribution is 0.390. The normalized spacial score (nSPS) is 15.1. The van der Waals surface area contributed by atoms with Crippen molar-refractivity contribution < 1.29 is 13.3 Å². The number of hydrogen-bond acceptors (Lipinski definition) is 3. The first-order valence-electron chi connectivity index (χ1n) is 8.17. The van der Waals surface area contributed by atoms with E-state index in [1.807, 2.05) is 6.07 Å². The van der Waals surface area contributed by atoms with Gasteiger partial charge in [0.1, 0.15) is 5.75 Å². The fourth-order valence-electron chi connectivity index (χ4n) is 2.79. The largest absolute Gasteiger partial charge is 0.508 e. The number of aryl methyl sites for hydroxylation is 2. The van der Waals surface area contributed by atoms with E-state index < -0.39 is 25.9 Å². The van der Waals surface area contributed by atoms with Crippen molar-refractivity contribution >= 4 is 25.9 Å². The molecule has 1 aromatic rings. The molecule has 0 radical (unpaired) electrons. The summed E-state index contributed by atoms with van der Waals surface area (Å²) in [7, 11) is -4.80. The van der Waals surface area contributed by atoms with Crippen LogP contribution in [0.2, 0.25) is 45.3 Å². The highest BCUT2D eigenvalue weighted by atomic mass is 28.5. The van der Waals surface area contributed by atoms with E-state index in [0.29, 0.717) is 5.75 Å². The summed E-state index contributed by atoms with van der Waals surface area (Å²) in [5, 5.41) is 9.96. The highest BCUT2D eigenvalue weighted by Gasteiger charge is 2.36. The van der Waals surface area contributed by atoms with Crippen LogP contribution in [0.25, 0.3) is 0 Å². The maximum absolute atomic E-state index is 9.96. The monoisotopic (exact) mass is 356 g/mol. The Balaban J connectivity index is 2.69. The molecular formula is C16H32O3Si3. The molecule has 0 bridgehead atoms. The van der Waals surface area contributed by atoms with Gasteiger partial charge in [0.25, 0.3) is 0 Å². The van der Waals surface area contributed by atoms with Crippen LogP contribution in [0.5, 0.6) is 5.75 Å². The minimum absolute atomic E-state index is 0.402. The van der Waals surface area contributed by atoms with Gasteiger partial charge in [0.15, 0.2) is 17.4 Å². The summed E-state index contributed by atoms with van der Waals surface area (Å²) < 4.78 is 12.8. The fourth-order valence-corrected chi connectivity index (χ4v) is 14.3. The van der Waals surface area contributed by atoms with Crippen LogP contribution < -0.4 is 0 Å². The van der Waals surface area contributed by atoms with Crippen molar-refractivity contribution in [3.05, 3.63) is 29.3 Å². The van der Waals surface area contributed by atoms with E-state index in [2.05, 4.69) is 52.3 Å². The Morgan fingerprint density at radius 3 is 2.32 bits per heavy atom. The zero-order valence-electron chi connectivity index (χ0n) is 15.2. The van der Waals surface area contributed by atoms with Gasteiger partial charge in [-0.15, -0.1) is 0 Å². The first-order chi connectivity index (χ1) is 10.0. The predicted molar refractivity (Wildman–Crippen MR) is 102 cm³/mol. The molecule has 0 aromatic heterocycles. The predicted octanol–water partition coefficient (Wildman–Crippen LogP) is 4.56. The van der Waals surface area contributed by atoms with E-state index in [4.69, 9.17) is 8.23 Å². The van der Waals surface area contributed by atoms with E-state index in [1.165, 1.54) is 5.56 Å². The molecule has 0 fully saturated rings. The first-order valence-corrected chi connectivity index (χ1v) is 16.9. The lowest BCUT2D eigenvalue weighted by Crippen LogP contribution is -2.49. The summed E-state index contributed by atoms with van der Waals surface area (Å²) >= 11 is 0. The van der Waals surface area contributed by atoms with E-state index >= 15 is 0 Å². The van der Waals surface area contributed by atoms with Crippen LogP contribution >= 0.6 is 0 Å². The summed E-state index contributed by atoms with van der Waals surface area (Å²) in [4.78, 5) is 0. The molecule has 3 nitrogen and oxygen atoms in total. The fraction of sp³-hybridized carbons (Fsp3) is 0.625. The quantitative estimate of drug-likeness (QED) is 0.694. The molecule has 0 heterocycles. The topological polar surface area (TPSA) is 38.7 Å². The Labute approximate surface area is 139 Å². The Hall–Kier alpha value is -0.409. The highest BCUT2D eigenvalue weighted by molar-refractivity contribution is 6.84. The van der Waals surface area contributed by atoms with Crippen LogP contribution in [0.1, 0.15) is 17.5 Å². The lowest BCUT2D eigenvalue weighted by atomic mass is 10.1. The van der Waals surface area contributed by atoms with Gasteiger partial charge >= 0.3 is 8.56 Å². The van der Waals surface area contributed by atoms with Gasteiger partial charge in [-0.2, -0.15) is 0 Å². The van der Waals surface area contributed by atoms with Gasteiger partial charge in [-0.25, -0.2) is 0 Å². The van der Waals surface area contributed by atoms with Crippen LogP contribution in [0.3, 0.4) is 0 Å². The van der Waals surface area contributed by atoms with Crippen molar-refractivity contribution in [1.82, 2.24) is 0 Å². The van der Waals surface area contributed by atoms with E-state index in [1.54, 1.807) is 6.07 Å². The number of aromatic hydroxyl groups is 1. The smallest absolute Gasteiger partial charge is 0.314 e.